The number of nitrogens with one attached hydrogen (secondary N) is 1. The predicted molar refractivity (Wildman–Crippen MR) is 57.0 cm³/mol. The Kier molecular flexibility index (Phi) is 2.49. The molecule has 72 valence electrons. The third kappa shape index (κ3) is 1.93. The van der Waals surface area contributed by atoms with Crippen molar-refractivity contribution in [3.63, 3.8) is 0 Å². The number of hydrogen-bond donors (Lipinski definition) is 1. The van der Waals surface area contributed by atoms with Gasteiger partial charge in [-0.3, -0.25) is 0 Å². The highest BCUT2D eigenvalue weighted by Gasteiger charge is 1.96. The molecule has 0 aromatic carbocycles. The molecule has 3 nitrogen and oxygen atoms in total. The van der Waals surface area contributed by atoms with Gasteiger partial charge in [-0.25, -0.2) is 4.98 Å². The highest BCUT2D eigenvalue weighted by Crippen LogP contribution is 2.04. The van der Waals surface area contributed by atoms with Gasteiger partial charge >= 0.3 is 0 Å². The molecule has 14 heavy (non-hydrogen) atoms. The quantitative estimate of drug-likeness (QED) is 0.796. The molecule has 0 bridgehead atoms. The lowest BCUT2D eigenvalue weighted by Gasteiger charge is -2.05. The first-order chi connectivity index (χ1) is 6.86. The van der Waals surface area contributed by atoms with E-state index in [9.17, 15) is 0 Å². The predicted octanol–water partition coefficient (Wildman–Crippen LogP) is 2.03. The fraction of sp³-hybridized carbons (Fsp3) is 0.182. The molecule has 0 unspecified atom stereocenters. The number of aromatic nitrogens is 2. The summed E-state index contributed by atoms with van der Waals surface area (Å²) >= 11 is 0. The van der Waals surface area contributed by atoms with Gasteiger partial charge in [-0.05, 0) is 24.3 Å². The minimum absolute atomic E-state index is 0.806. The van der Waals surface area contributed by atoms with Crippen LogP contribution in [0, 0.1) is 0 Å². The Labute approximate surface area is 83.4 Å². The zero-order valence-electron chi connectivity index (χ0n) is 8.14. The van der Waals surface area contributed by atoms with Crippen LogP contribution in [-0.4, -0.2) is 9.55 Å². The van der Waals surface area contributed by atoms with Crippen LogP contribution < -0.4 is 5.32 Å². The van der Waals surface area contributed by atoms with Crippen LogP contribution >= 0.6 is 0 Å². The average molecular weight is 187 g/mol. The second kappa shape index (κ2) is 3.96. The molecule has 0 aliphatic rings. The molecule has 2 heterocycles. The molecule has 0 radical (unpaired) electrons. The van der Waals surface area contributed by atoms with Crippen molar-refractivity contribution in [1.82, 2.24) is 9.55 Å². The van der Waals surface area contributed by atoms with Gasteiger partial charge in [-0.1, -0.05) is 6.07 Å². The van der Waals surface area contributed by atoms with Crippen molar-refractivity contribution >= 4 is 5.82 Å². The van der Waals surface area contributed by atoms with Gasteiger partial charge in [0, 0.05) is 25.1 Å². The van der Waals surface area contributed by atoms with Crippen molar-refractivity contribution in [2.24, 2.45) is 7.05 Å². The molecular weight excluding hydrogens is 174 g/mol. The Morgan fingerprint density at radius 1 is 1.29 bits per heavy atom. The summed E-state index contributed by atoms with van der Waals surface area (Å²) in [6.07, 6.45) is 3.82. The Balaban J connectivity index is 1.99. The van der Waals surface area contributed by atoms with Gasteiger partial charge in [0.15, 0.2) is 0 Å². The molecule has 0 fully saturated rings. The topological polar surface area (TPSA) is 29.9 Å². The number of nitrogens with zero attached hydrogens (tertiary/aromatic N) is 2. The summed E-state index contributed by atoms with van der Waals surface area (Å²) in [5.74, 6) is 0.911. The first-order valence-electron chi connectivity index (χ1n) is 4.61. The maximum Gasteiger partial charge on any atom is 0.126 e. The van der Waals surface area contributed by atoms with E-state index in [4.69, 9.17) is 0 Å². The van der Waals surface area contributed by atoms with Crippen molar-refractivity contribution < 1.29 is 0 Å². The summed E-state index contributed by atoms with van der Waals surface area (Å²) in [5.41, 5.74) is 1.25. The average Bonchev–Trinajstić information content (AvgIpc) is 2.63. The Hall–Kier alpha value is -1.77. The molecule has 0 amide bonds. The normalized spacial score (nSPS) is 10.1. The zero-order valence-corrected chi connectivity index (χ0v) is 8.14. The van der Waals surface area contributed by atoms with Gasteiger partial charge in [0.25, 0.3) is 0 Å². The number of anilines is 1. The van der Waals surface area contributed by atoms with Crippen LogP contribution in [0.15, 0.2) is 42.7 Å². The molecule has 2 aromatic rings. The highest BCUT2D eigenvalue weighted by atomic mass is 15.0. The summed E-state index contributed by atoms with van der Waals surface area (Å²) in [4.78, 5) is 4.19. The van der Waals surface area contributed by atoms with E-state index in [1.807, 2.05) is 37.5 Å². The minimum Gasteiger partial charge on any atom is -0.365 e. The van der Waals surface area contributed by atoms with Gasteiger partial charge in [0.1, 0.15) is 5.82 Å². The highest BCUT2D eigenvalue weighted by molar-refractivity contribution is 5.33. The summed E-state index contributed by atoms with van der Waals surface area (Å²) in [7, 11) is 2.04. The van der Waals surface area contributed by atoms with Crippen LogP contribution in [0.5, 0.6) is 0 Å². The molecule has 1 N–H and O–H groups in total. The van der Waals surface area contributed by atoms with Crippen molar-refractivity contribution in [1.29, 1.82) is 0 Å². The van der Waals surface area contributed by atoms with E-state index in [2.05, 4.69) is 20.9 Å². The fourth-order valence-electron chi connectivity index (χ4n) is 1.33. The van der Waals surface area contributed by atoms with E-state index in [1.165, 1.54) is 5.69 Å². The molecule has 3 heteroatoms. The SMILES string of the molecule is Cn1cccc1CNc1ccccn1. The molecule has 0 saturated heterocycles. The van der Waals surface area contributed by atoms with E-state index < -0.39 is 0 Å². The molecule has 2 aromatic heterocycles. The van der Waals surface area contributed by atoms with Gasteiger partial charge in [-0.15, -0.1) is 0 Å². The summed E-state index contributed by atoms with van der Waals surface area (Å²) in [5, 5.41) is 3.26. The lowest BCUT2D eigenvalue weighted by atomic mass is 10.4. The third-order valence-electron chi connectivity index (χ3n) is 2.17. The molecule has 0 spiro atoms. The Morgan fingerprint density at radius 2 is 2.21 bits per heavy atom. The zero-order chi connectivity index (χ0) is 9.80. The van der Waals surface area contributed by atoms with Crippen LogP contribution in [0.25, 0.3) is 0 Å². The lowest BCUT2D eigenvalue weighted by Crippen LogP contribution is -2.04. The first-order valence-corrected chi connectivity index (χ1v) is 4.61. The van der Waals surface area contributed by atoms with Gasteiger partial charge in [0.05, 0.1) is 6.54 Å². The van der Waals surface area contributed by atoms with E-state index in [0.29, 0.717) is 0 Å². The van der Waals surface area contributed by atoms with Gasteiger partial charge in [0.2, 0.25) is 0 Å². The maximum atomic E-state index is 4.19. The van der Waals surface area contributed by atoms with Crippen molar-refractivity contribution in [2.75, 3.05) is 5.32 Å². The van der Waals surface area contributed by atoms with Crippen LogP contribution in [0.4, 0.5) is 5.82 Å². The summed E-state index contributed by atoms with van der Waals surface area (Å²) in [6.45, 7) is 0.806. The van der Waals surface area contributed by atoms with Crippen LogP contribution in [-0.2, 0) is 13.6 Å². The van der Waals surface area contributed by atoms with Gasteiger partial charge < -0.3 is 9.88 Å². The van der Waals surface area contributed by atoms with Crippen molar-refractivity contribution in [2.45, 2.75) is 6.54 Å². The van der Waals surface area contributed by atoms with Crippen LogP contribution in [0.3, 0.4) is 0 Å². The fourth-order valence-corrected chi connectivity index (χ4v) is 1.33. The number of hydrogen-bond acceptors (Lipinski definition) is 2. The monoisotopic (exact) mass is 187 g/mol. The van der Waals surface area contributed by atoms with E-state index >= 15 is 0 Å². The molecular formula is C11H13N3. The van der Waals surface area contributed by atoms with Crippen LogP contribution in [0.1, 0.15) is 5.69 Å². The molecule has 0 aliphatic heterocycles. The largest absolute Gasteiger partial charge is 0.365 e. The molecule has 0 saturated carbocycles. The molecule has 0 atom stereocenters. The third-order valence-corrected chi connectivity index (χ3v) is 2.17. The second-order valence-corrected chi connectivity index (χ2v) is 3.18. The van der Waals surface area contributed by atoms with E-state index in [0.717, 1.165) is 12.4 Å². The number of rotatable bonds is 3. The van der Waals surface area contributed by atoms with Crippen LogP contribution in [0.2, 0.25) is 0 Å². The number of aryl methyl sites for hydroxylation is 1. The maximum absolute atomic E-state index is 4.19. The molecule has 0 aliphatic carbocycles. The van der Waals surface area contributed by atoms with Crippen molar-refractivity contribution in [3.8, 4) is 0 Å². The summed E-state index contributed by atoms with van der Waals surface area (Å²) < 4.78 is 2.09. The molecule has 2 rings (SSSR count). The standard InChI is InChI=1S/C11H13N3/c1-14-8-4-5-10(14)9-13-11-6-2-3-7-12-11/h2-8H,9H2,1H3,(H,12,13). The van der Waals surface area contributed by atoms with Gasteiger partial charge in [-0.2, -0.15) is 0 Å². The second-order valence-electron chi connectivity index (χ2n) is 3.18. The summed E-state index contributed by atoms with van der Waals surface area (Å²) in [6, 6.07) is 9.97. The smallest absolute Gasteiger partial charge is 0.126 e. The van der Waals surface area contributed by atoms with E-state index in [1.54, 1.807) is 6.20 Å². The van der Waals surface area contributed by atoms with Crippen molar-refractivity contribution in [3.05, 3.63) is 48.4 Å². The Morgan fingerprint density at radius 3 is 2.86 bits per heavy atom. The number of pyridine rings is 1. The first kappa shape index (κ1) is 8.81. The Bertz CT molecular complexity index is 392. The lowest BCUT2D eigenvalue weighted by molar-refractivity contribution is 0.840. The minimum atomic E-state index is 0.806. The van der Waals surface area contributed by atoms with E-state index in [-0.39, 0.29) is 0 Å².